The zero-order valence-electron chi connectivity index (χ0n) is 8.91. The number of carbonyl (C=O) groups is 2. The Kier molecular flexibility index (Phi) is 3.71. The Balaban J connectivity index is 2.69. The summed E-state index contributed by atoms with van der Waals surface area (Å²) in [6.45, 7) is -0.0793. The van der Waals surface area contributed by atoms with Gasteiger partial charge in [-0.05, 0) is 18.2 Å². The van der Waals surface area contributed by atoms with Crippen molar-refractivity contribution >= 4 is 23.2 Å². The predicted molar refractivity (Wildman–Crippen MR) is 61.7 cm³/mol. The van der Waals surface area contributed by atoms with Crippen LogP contribution in [0.25, 0.3) is 0 Å². The van der Waals surface area contributed by atoms with Crippen molar-refractivity contribution in [2.45, 2.75) is 0 Å². The fraction of sp³-hybridized carbons (Fsp3) is 0.200. The van der Waals surface area contributed by atoms with Crippen LogP contribution in [0.15, 0.2) is 18.2 Å². The summed E-state index contributed by atoms with van der Waals surface area (Å²) >= 11 is 0. The summed E-state index contributed by atoms with van der Waals surface area (Å²) in [7, 11) is 1.49. The summed E-state index contributed by atoms with van der Waals surface area (Å²) in [5, 5.41) is 4.83. The van der Waals surface area contributed by atoms with Crippen LogP contribution in [-0.4, -0.2) is 25.4 Å². The van der Waals surface area contributed by atoms with Gasteiger partial charge >= 0.3 is 0 Å². The summed E-state index contributed by atoms with van der Waals surface area (Å²) in [4.78, 5) is 22.5. The highest BCUT2D eigenvalue weighted by atomic mass is 16.2. The van der Waals surface area contributed by atoms with Gasteiger partial charge in [0.05, 0.1) is 6.54 Å². The van der Waals surface area contributed by atoms with E-state index in [0.717, 1.165) is 0 Å². The predicted octanol–water partition coefficient (Wildman–Crippen LogP) is -0.673. The van der Waals surface area contributed by atoms with Gasteiger partial charge < -0.3 is 22.1 Å². The maximum Gasteiger partial charge on any atom is 0.251 e. The van der Waals surface area contributed by atoms with Crippen LogP contribution >= 0.6 is 0 Å². The van der Waals surface area contributed by atoms with Crippen LogP contribution < -0.4 is 22.1 Å². The molecule has 0 aromatic heterocycles. The first-order valence-electron chi connectivity index (χ1n) is 4.67. The lowest BCUT2D eigenvalue weighted by molar-refractivity contribution is -0.119. The fourth-order valence-electron chi connectivity index (χ4n) is 1.16. The highest BCUT2D eigenvalue weighted by molar-refractivity contribution is 5.97. The number of carbonyl (C=O) groups excluding carboxylic acids is 2. The van der Waals surface area contributed by atoms with E-state index in [2.05, 4.69) is 10.6 Å². The topological polar surface area (TPSA) is 110 Å². The zero-order valence-corrected chi connectivity index (χ0v) is 8.91. The highest BCUT2D eigenvalue weighted by Gasteiger charge is 2.08. The molecule has 6 heteroatoms. The van der Waals surface area contributed by atoms with Crippen molar-refractivity contribution in [1.29, 1.82) is 0 Å². The molecule has 1 aromatic rings. The van der Waals surface area contributed by atoms with E-state index in [1.165, 1.54) is 19.2 Å². The average Bonchev–Trinajstić information content (AvgIpc) is 2.23. The molecule has 0 aliphatic heterocycles. The number of nitrogens with one attached hydrogen (secondary N) is 2. The van der Waals surface area contributed by atoms with E-state index in [1.807, 2.05) is 0 Å². The van der Waals surface area contributed by atoms with Crippen molar-refractivity contribution in [2.24, 2.45) is 0 Å². The van der Waals surface area contributed by atoms with Crippen LogP contribution in [0.4, 0.5) is 11.4 Å². The maximum absolute atomic E-state index is 11.6. The van der Waals surface area contributed by atoms with Gasteiger partial charge in [0.2, 0.25) is 5.91 Å². The molecule has 86 valence electrons. The Morgan fingerprint density at radius 2 is 1.75 bits per heavy atom. The van der Waals surface area contributed by atoms with Crippen molar-refractivity contribution in [2.75, 3.05) is 25.1 Å². The summed E-state index contributed by atoms with van der Waals surface area (Å²) in [6.07, 6.45) is 0. The van der Waals surface area contributed by atoms with Crippen LogP contribution in [0.5, 0.6) is 0 Å². The first-order chi connectivity index (χ1) is 7.52. The second kappa shape index (κ2) is 5.01. The van der Waals surface area contributed by atoms with Crippen LogP contribution in [-0.2, 0) is 4.79 Å². The van der Waals surface area contributed by atoms with E-state index in [0.29, 0.717) is 16.9 Å². The van der Waals surface area contributed by atoms with E-state index < -0.39 is 0 Å². The van der Waals surface area contributed by atoms with Gasteiger partial charge in [0.1, 0.15) is 0 Å². The largest absolute Gasteiger partial charge is 0.399 e. The summed E-state index contributed by atoms with van der Waals surface area (Å²) in [5.41, 5.74) is 12.2. The molecule has 1 rings (SSSR count). The molecule has 2 amide bonds. The molecule has 0 saturated carbocycles. The molecular formula is C10H14N4O2. The molecule has 0 aliphatic carbocycles. The van der Waals surface area contributed by atoms with E-state index in [1.54, 1.807) is 6.07 Å². The first kappa shape index (κ1) is 11.8. The molecule has 0 heterocycles. The van der Waals surface area contributed by atoms with Crippen LogP contribution in [0.3, 0.4) is 0 Å². The van der Waals surface area contributed by atoms with Crippen molar-refractivity contribution in [1.82, 2.24) is 10.6 Å². The number of likely N-dealkylation sites (N-methyl/N-ethyl adjacent to an activating group) is 1. The second-order valence-corrected chi connectivity index (χ2v) is 3.24. The number of nitrogens with two attached hydrogens (primary N) is 2. The third-order valence-corrected chi connectivity index (χ3v) is 1.93. The molecule has 0 bridgehead atoms. The van der Waals surface area contributed by atoms with Crippen LogP contribution in [0, 0.1) is 0 Å². The minimum atomic E-state index is -0.386. The number of rotatable bonds is 3. The van der Waals surface area contributed by atoms with Crippen LogP contribution in [0.1, 0.15) is 10.4 Å². The Morgan fingerprint density at radius 1 is 1.19 bits per heavy atom. The van der Waals surface area contributed by atoms with Gasteiger partial charge in [-0.25, -0.2) is 0 Å². The summed E-state index contributed by atoms with van der Waals surface area (Å²) < 4.78 is 0. The third kappa shape index (κ3) is 3.16. The molecule has 6 nitrogen and oxygen atoms in total. The second-order valence-electron chi connectivity index (χ2n) is 3.24. The van der Waals surface area contributed by atoms with E-state index >= 15 is 0 Å². The standard InChI is InChI=1S/C10H14N4O2/c1-13-9(15)5-14-10(16)6-2-7(11)4-8(12)3-6/h2-4H,5,11-12H2,1H3,(H,13,15)(H,14,16). The molecule has 0 radical (unpaired) electrons. The van der Waals surface area contributed by atoms with Gasteiger partial charge in [0.15, 0.2) is 0 Å². The zero-order chi connectivity index (χ0) is 12.1. The van der Waals surface area contributed by atoms with Crippen molar-refractivity contribution in [3.05, 3.63) is 23.8 Å². The Morgan fingerprint density at radius 3 is 2.25 bits per heavy atom. The fourth-order valence-corrected chi connectivity index (χ4v) is 1.16. The highest BCUT2D eigenvalue weighted by Crippen LogP contribution is 2.13. The number of nitrogen functional groups attached to an aromatic ring is 2. The van der Waals surface area contributed by atoms with Gasteiger partial charge in [-0.2, -0.15) is 0 Å². The number of hydrogen-bond acceptors (Lipinski definition) is 4. The molecule has 0 saturated heterocycles. The summed E-state index contributed by atoms with van der Waals surface area (Å²) in [5.74, 6) is -0.659. The lowest BCUT2D eigenvalue weighted by Gasteiger charge is -2.06. The maximum atomic E-state index is 11.6. The third-order valence-electron chi connectivity index (χ3n) is 1.93. The quantitative estimate of drug-likeness (QED) is 0.508. The lowest BCUT2D eigenvalue weighted by atomic mass is 10.1. The molecule has 1 aromatic carbocycles. The van der Waals surface area contributed by atoms with Crippen molar-refractivity contribution < 1.29 is 9.59 Å². The van der Waals surface area contributed by atoms with E-state index in [-0.39, 0.29) is 18.4 Å². The number of benzene rings is 1. The molecule has 0 fully saturated rings. The van der Waals surface area contributed by atoms with Crippen molar-refractivity contribution in [3.8, 4) is 0 Å². The first-order valence-corrected chi connectivity index (χ1v) is 4.67. The Labute approximate surface area is 93.0 Å². The molecule has 0 atom stereocenters. The lowest BCUT2D eigenvalue weighted by Crippen LogP contribution is -2.35. The summed E-state index contributed by atoms with van der Waals surface area (Å²) in [6, 6.07) is 4.54. The molecular weight excluding hydrogens is 208 g/mol. The minimum absolute atomic E-state index is 0.0793. The monoisotopic (exact) mass is 222 g/mol. The smallest absolute Gasteiger partial charge is 0.251 e. The minimum Gasteiger partial charge on any atom is -0.399 e. The normalized spacial score (nSPS) is 9.56. The Bertz CT molecular complexity index is 397. The Hall–Kier alpha value is -2.24. The SMILES string of the molecule is CNC(=O)CNC(=O)c1cc(N)cc(N)c1. The number of anilines is 2. The van der Waals surface area contributed by atoms with Gasteiger partial charge in [0, 0.05) is 24.0 Å². The van der Waals surface area contributed by atoms with Gasteiger partial charge in [0.25, 0.3) is 5.91 Å². The van der Waals surface area contributed by atoms with E-state index in [4.69, 9.17) is 11.5 Å². The number of amides is 2. The van der Waals surface area contributed by atoms with Gasteiger partial charge in [-0.15, -0.1) is 0 Å². The van der Waals surface area contributed by atoms with Crippen molar-refractivity contribution in [3.63, 3.8) is 0 Å². The number of hydrogen-bond donors (Lipinski definition) is 4. The average molecular weight is 222 g/mol. The molecule has 0 unspecified atom stereocenters. The van der Waals surface area contributed by atoms with Gasteiger partial charge in [-0.3, -0.25) is 9.59 Å². The molecule has 0 spiro atoms. The molecule has 6 N–H and O–H groups in total. The van der Waals surface area contributed by atoms with E-state index in [9.17, 15) is 9.59 Å². The molecule has 0 aliphatic rings. The molecule has 16 heavy (non-hydrogen) atoms. The van der Waals surface area contributed by atoms with Crippen LogP contribution in [0.2, 0.25) is 0 Å². The van der Waals surface area contributed by atoms with Gasteiger partial charge in [-0.1, -0.05) is 0 Å².